The zero-order valence-electron chi connectivity index (χ0n) is 18.9. The molecule has 0 unspecified atom stereocenters. The molecule has 8 nitrogen and oxygen atoms in total. The molecule has 2 aromatic carbocycles. The molecule has 0 saturated carbocycles. The fourth-order valence-electron chi connectivity index (χ4n) is 3.70. The van der Waals surface area contributed by atoms with Gasteiger partial charge in [0.2, 0.25) is 0 Å². The third-order valence-electron chi connectivity index (χ3n) is 5.46. The SMILES string of the molecule is COc1ccc(C(=O)Nc2cccc(C(=O)Nc3nc4c(s3)CN(CCF)CC4)c2)cc1OC. The summed E-state index contributed by atoms with van der Waals surface area (Å²) in [7, 11) is 3.02. The number of halogens is 1. The second-order valence-corrected chi connectivity index (χ2v) is 8.75. The highest BCUT2D eigenvalue weighted by Crippen LogP contribution is 2.29. The molecule has 0 atom stereocenters. The van der Waals surface area contributed by atoms with Crippen molar-refractivity contribution in [3.05, 3.63) is 64.2 Å². The van der Waals surface area contributed by atoms with Crippen LogP contribution in [0, 0.1) is 0 Å². The van der Waals surface area contributed by atoms with Gasteiger partial charge >= 0.3 is 0 Å². The van der Waals surface area contributed by atoms with Gasteiger partial charge in [0, 0.05) is 47.7 Å². The Morgan fingerprint density at radius 2 is 1.82 bits per heavy atom. The first-order valence-electron chi connectivity index (χ1n) is 10.7. The van der Waals surface area contributed by atoms with E-state index in [1.807, 2.05) is 4.90 Å². The number of nitrogens with zero attached hydrogens (tertiary/aromatic N) is 2. The van der Waals surface area contributed by atoms with E-state index in [0.29, 0.717) is 46.5 Å². The molecule has 2 N–H and O–H groups in total. The van der Waals surface area contributed by atoms with Crippen molar-refractivity contribution < 1.29 is 23.5 Å². The number of ether oxygens (including phenoxy) is 2. The van der Waals surface area contributed by atoms with Crippen molar-refractivity contribution in [2.75, 3.05) is 44.6 Å². The quantitative estimate of drug-likeness (QED) is 0.502. The Kier molecular flexibility index (Phi) is 7.39. The van der Waals surface area contributed by atoms with Gasteiger partial charge in [0.1, 0.15) is 6.67 Å². The number of methoxy groups -OCH3 is 2. The van der Waals surface area contributed by atoms with Crippen LogP contribution in [0.4, 0.5) is 15.2 Å². The number of amides is 2. The lowest BCUT2D eigenvalue weighted by atomic mass is 10.1. The number of thiazole rings is 1. The number of anilines is 2. The highest BCUT2D eigenvalue weighted by molar-refractivity contribution is 7.15. The normalized spacial score (nSPS) is 13.1. The number of aromatic nitrogens is 1. The summed E-state index contributed by atoms with van der Waals surface area (Å²) in [5.41, 5.74) is 2.21. The minimum absolute atomic E-state index is 0.325. The van der Waals surface area contributed by atoms with Crippen LogP contribution < -0.4 is 20.1 Å². The second-order valence-electron chi connectivity index (χ2n) is 7.66. The van der Waals surface area contributed by atoms with Gasteiger partial charge in [-0.05, 0) is 36.4 Å². The van der Waals surface area contributed by atoms with E-state index in [1.54, 1.807) is 42.5 Å². The lowest BCUT2D eigenvalue weighted by Crippen LogP contribution is -2.31. The Labute approximate surface area is 200 Å². The molecule has 34 heavy (non-hydrogen) atoms. The maximum Gasteiger partial charge on any atom is 0.257 e. The van der Waals surface area contributed by atoms with Gasteiger partial charge in [0.25, 0.3) is 11.8 Å². The maximum atomic E-state index is 12.8. The third kappa shape index (κ3) is 5.35. The predicted octanol–water partition coefficient (Wildman–Crippen LogP) is 3.99. The van der Waals surface area contributed by atoms with Crippen LogP contribution in [0.5, 0.6) is 11.5 Å². The van der Waals surface area contributed by atoms with Gasteiger partial charge in [-0.2, -0.15) is 0 Å². The van der Waals surface area contributed by atoms with Crippen molar-refractivity contribution >= 4 is 34.0 Å². The number of hydrogen-bond acceptors (Lipinski definition) is 7. The molecule has 2 amide bonds. The van der Waals surface area contributed by atoms with Gasteiger partial charge in [-0.1, -0.05) is 6.07 Å². The lowest BCUT2D eigenvalue weighted by Gasteiger charge is -2.24. The smallest absolute Gasteiger partial charge is 0.257 e. The Bertz CT molecular complexity index is 1200. The molecule has 1 aliphatic heterocycles. The first-order valence-corrected chi connectivity index (χ1v) is 11.5. The number of hydrogen-bond donors (Lipinski definition) is 2. The average Bonchev–Trinajstić information content (AvgIpc) is 3.25. The van der Waals surface area contributed by atoms with Crippen LogP contribution in [0.1, 0.15) is 31.3 Å². The van der Waals surface area contributed by atoms with Crippen LogP contribution in [0.2, 0.25) is 0 Å². The molecule has 0 saturated heterocycles. The van der Waals surface area contributed by atoms with Crippen molar-refractivity contribution in [1.29, 1.82) is 0 Å². The van der Waals surface area contributed by atoms with Crippen molar-refractivity contribution in [2.24, 2.45) is 0 Å². The highest BCUT2D eigenvalue weighted by Gasteiger charge is 2.21. The first-order chi connectivity index (χ1) is 16.5. The maximum absolute atomic E-state index is 12.8. The van der Waals surface area contributed by atoms with Crippen LogP contribution in [0.15, 0.2) is 42.5 Å². The topological polar surface area (TPSA) is 92.8 Å². The summed E-state index contributed by atoms with van der Waals surface area (Å²) < 4.78 is 23.1. The molecule has 0 aliphatic carbocycles. The monoisotopic (exact) mass is 484 g/mol. The largest absolute Gasteiger partial charge is 0.493 e. The fourth-order valence-corrected chi connectivity index (χ4v) is 4.75. The van der Waals surface area contributed by atoms with E-state index in [1.165, 1.54) is 25.6 Å². The Morgan fingerprint density at radius 3 is 2.59 bits per heavy atom. The summed E-state index contributed by atoms with van der Waals surface area (Å²) in [6.45, 7) is 1.43. The van der Waals surface area contributed by atoms with E-state index in [0.717, 1.165) is 23.5 Å². The van der Waals surface area contributed by atoms with E-state index < -0.39 is 0 Å². The van der Waals surface area contributed by atoms with E-state index in [2.05, 4.69) is 15.6 Å². The van der Waals surface area contributed by atoms with Gasteiger partial charge < -0.3 is 14.8 Å². The van der Waals surface area contributed by atoms with Gasteiger partial charge in [0.15, 0.2) is 16.6 Å². The number of fused-ring (bicyclic) bond motifs is 1. The molecule has 3 aromatic rings. The summed E-state index contributed by atoms with van der Waals surface area (Å²) in [5, 5.41) is 6.14. The zero-order chi connectivity index (χ0) is 24.1. The van der Waals surface area contributed by atoms with Crippen molar-refractivity contribution in [3.8, 4) is 11.5 Å². The summed E-state index contributed by atoms with van der Waals surface area (Å²) in [6, 6.07) is 11.5. The summed E-state index contributed by atoms with van der Waals surface area (Å²) >= 11 is 1.41. The molecular formula is C24H25FN4O4S. The standard InChI is InChI=1S/C24H25FN4O4S/c1-32-19-7-6-16(13-20(19)33-2)22(30)26-17-5-3-4-15(12-17)23(31)28-24-27-18-8-10-29(11-9-25)14-21(18)34-24/h3-7,12-13H,8-11,14H2,1-2H3,(H,26,30)(H,27,28,31). The average molecular weight is 485 g/mol. The predicted molar refractivity (Wildman–Crippen MR) is 129 cm³/mol. The van der Waals surface area contributed by atoms with Gasteiger partial charge in [0.05, 0.1) is 19.9 Å². The molecule has 2 heterocycles. The second kappa shape index (κ2) is 10.6. The van der Waals surface area contributed by atoms with E-state index in [9.17, 15) is 14.0 Å². The van der Waals surface area contributed by atoms with Crippen LogP contribution in [-0.2, 0) is 13.0 Å². The van der Waals surface area contributed by atoms with Gasteiger partial charge in [-0.3, -0.25) is 19.8 Å². The first kappa shape index (κ1) is 23.7. The minimum atomic E-state index is -0.378. The van der Waals surface area contributed by atoms with Crippen LogP contribution in [-0.4, -0.2) is 55.7 Å². The Morgan fingerprint density at radius 1 is 1.06 bits per heavy atom. The number of alkyl halides is 1. The van der Waals surface area contributed by atoms with Crippen molar-refractivity contribution in [3.63, 3.8) is 0 Å². The molecule has 0 radical (unpaired) electrons. The summed E-state index contributed by atoms with van der Waals surface area (Å²) in [4.78, 5) is 33.1. The van der Waals surface area contributed by atoms with E-state index in [4.69, 9.17) is 9.47 Å². The molecule has 4 rings (SSSR count). The number of carbonyl (C=O) groups excluding carboxylic acids is 2. The van der Waals surface area contributed by atoms with Crippen LogP contribution >= 0.6 is 11.3 Å². The molecule has 0 bridgehead atoms. The number of nitrogens with one attached hydrogen (secondary N) is 2. The van der Waals surface area contributed by atoms with Crippen molar-refractivity contribution in [2.45, 2.75) is 13.0 Å². The minimum Gasteiger partial charge on any atom is -0.493 e. The fraction of sp³-hybridized carbons (Fsp3) is 0.292. The van der Waals surface area contributed by atoms with E-state index >= 15 is 0 Å². The van der Waals surface area contributed by atoms with Gasteiger partial charge in [-0.25, -0.2) is 9.37 Å². The molecular weight excluding hydrogens is 459 g/mol. The summed E-state index contributed by atoms with van der Waals surface area (Å²) in [6.07, 6.45) is 0.735. The molecule has 0 fully saturated rings. The van der Waals surface area contributed by atoms with Crippen LogP contribution in [0.3, 0.4) is 0 Å². The van der Waals surface area contributed by atoms with E-state index in [-0.39, 0.29) is 18.5 Å². The molecule has 178 valence electrons. The molecule has 10 heteroatoms. The lowest BCUT2D eigenvalue weighted by molar-refractivity contribution is 0.101. The number of carbonyl (C=O) groups is 2. The molecule has 1 aromatic heterocycles. The zero-order valence-corrected chi connectivity index (χ0v) is 19.7. The van der Waals surface area contributed by atoms with Crippen LogP contribution in [0.25, 0.3) is 0 Å². The third-order valence-corrected chi connectivity index (χ3v) is 6.46. The molecule has 1 aliphatic rings. The Balaban J connectivity index is 1.43. The Hall–Kier alpha value is -3.50. The van der Waals surface area contributed by atoms with Gasteiger partial charge in [-0.15, -0.1) is 11.3 Å². The highest BCUT2D eigenvalue weighted by atomic mass is 32.1. The van der Waals surface area contributed by atoms with Crippen molar-refractivity contribution in [1.82, 2.24) is 9.88 Å². The number of rotatable bonds is 8. The molecule has 0 spiro atoms. The number of benzene rings is 2. The summed E-state index contributed by atoms with van der Waals surface area (Å²) in [5.74, 6) is 0.303.